The van der Waals surface area contributed by atoms with Crippen molar-refractivity contribution >= 4 is 23.0 Å². The fourth-order valence-electron chi connectivity index (χ4n) is 3.98. The summed E-state index contributed by atoms with van der Waals surface area (Å²) >= 11 is 0. The molecule has 10 heteroatoms. The van der Waals surface area contributed by atoms with Gasteiger partial charge in [0.1, 0.15) is 23.6 Å². The Kier molecular flexibility index (Phi) is 6.42. The molecular weight excluding hydrogens is 442 g/mol. The molecule has 1 aromatic carbocycles. The van der Waals surface area contributed by atoms with Gasteiger partial charge in [0.25, 0.3) is 0 Å². The third-order valence-corrected chi connectivity index (χ3v) is 5.77. The van der Waals surface area contributed by atoms with Crippen LogP contribution in [-0.4, -0.2) is 72.6 Å². The molecule has 1 saturated heterocycles. The summed E-state index contributed by atoms with van der Waals surface area (Å²) in [7, 11) is 4.42. The van der Waals surface area contributed by atoms with E-state index in [-0.39, 0.29) is 13.0 Å². The van der Waals surface area contributed by atoms with E-state index in [1.165, 1.54) is 12.0 Å². The molecule has 2 heterocycles. The first-order valence-corrected chi connectivity index (χ1v) is 11.3. The maximum absolute atomic E-state index is 12.8. The second-order valence-electron chi connectivity index (χ2n) is 9.53. The number of hydrogen-bond acceptors (Lipinski definition) is 9. The predicted octanol–water partition coefficient (Wildman–Crippen LogP) is 3.45. The average Bonchev–Trinajstić information content (AvgIpc) is 3.56. The van der Waals surface area contributed by atoms with E-state index in [2.05, 4.69) is 0 Å². The number of methoxy groups -OCH3 is 3. The third kappa shape index (κ3) is 4.95. The van der Waals surface area contributed by atoms with E-state index in [9.17, 15) is 9.59 Å². The summed E-state index contributed by atoms with van der Waals surface area (Å²) in [6.07, 6.45) is 1.22. The van der Waals surface area contributed by atoms with Crippen LogP contribution in [0, 0.1) is 0 Å². The predicted molar refractivity (Wildman–Crippen MR) is 122 cm³/mol. The Morgan fingerprint density at radius 3 is 2.29 bits per heavy atom. The van der Waals surface area contributed by atoms with Crippen LogP contribution in [0.5, 0.6) is 17.4 Å². The zero-order valence-corrected chi connectivity index (χ0v) is 20.4. The van der Waals surface area contributed by atoms with E-state index in [0.717, 1.165) is 12.8 Å². The number of hydrogen-bond donors (Lipinski definition) is 0. The normalized spacial score (nSPS) is 20.2. The number of aromatic nitrogens is 2. The number of carbonyl (C=O) groups is 2. The van der Waals surface area contributed by atoms with E-state index in [4.69, 9.17) is 33.7 Å². The van der Waals surface area contributed by atoms with Crippen LogP contribution in [0.15, 0.2) is 12.1 Å². The van der Waals surface area contributed by atoms with Crippen molar-refractivity contribution in [3.05, 3.63) is 18.0 Å². The van der Waals surface area contributed by atoms with Crippen LogP contribution >= 0.6 is 0 Å². The van der Waals surface area contributed by atoms with Gasteiger partial charge in [-0.3, -0.25) is 4.90 Å². The number of nitrogens with zero attached hydrogens (tertiary/aromatic N) is 3. The van der Waals surface area contributed by atoms with Crippen molar-refractivity contribution in [3.63, 3.8) is 0 Å². The molecule has 10 nitrogen and oxygen atoms in total. The summed E-state index contributed by atoms with van der Waals surface area (Å²) in [4.78, 5) is 36.0. The van der Waals surface area contributed by atoms with Crippen LogP contribution in [0.25, 0.3) is 10.9 Å². The molecule has 0 spiro atoms. The Morgan fingerprint density at radius 2 is 1.71 bits per heavy atom. The van der Waals surface area contributed by atoms with E-state index in [1.54, 1.807) is 47.1 Å². The molecule has 2 atom stereocenters. The van der Waals surface area contributed by atoms with Crippen molar-refractivity contribution < 1.29 is 33.3 Å². The number of amides is 1. The van der Waals surface area contributed by atoms with Crippen LogP contribution < -0.4 is 14.2 Å². The Balaban J connectivity index is 1.66. The van der Waals surface area contributed by atoms with E-state index < -0.39 is 29.8 Å². The number of fused-ring (bicyclic) bond motifs is 1. The van der Waals surface area contributed by atoms with Crippen molar-refractivity contribution in [1.29, 1.82) is 0 Å². The summed E-state index contributed by atoms with van der Waals surface area (Å²) in [5.74, 6) is 1.95. The Bertz CT molecular complexity index is 1090. The summed E-state index contributed by atoms with van der Waals surface area (Å²) in [5.41, 5.74) is -0.0232. The van der Waals surface area contributed by atoms with Gasteiger partial charge in [-0.15, -0.1) is 0 Å². The highest BCUT2D eigenvalue weighted by atomic mass is 16.6. The SMILES string of the molecule is COC(=O)[C@@H]1C[C@@H](Oc2nc(C3CC3)nc3cc(OC)c(OC)cc23)CN1C(=O)OC(C)(C)C. The molecule has 2 aliphatic rings. The minimum Gasteiger partial charge on any atom is -0.493 e. The topological polar surface area (TPSA) is 109 Å². The van der Waals surface area contributed by atoms with Crippen LogP contribution in [0.4, 0.5) is 4.79 Å². The second kappa shape index (κ2) is 9.15. The minimum absolute atomic E-state index is 0.159. The maximum Gasteiger partial charge on any atom is 0.411 e. The van der Waals surface area contributed by atoms with Gasteiger partial charge in [-0.1, -0.05) is 0 Å². The van der Waals surface area contributed by atoms with Gasteiger partial charge in [0, 0.05) is 18.4 Å². The van der Waals surface area contributed by atoms with E-state index >= 15 is 0 Å². The molecule has 0 unspecified atom stereocenters. The smallest absolute Gasteiger partial charge is 0.411 e. The number of benzene rings is 1. The molecule has 2 aromatic rings. The molecule has 184 valence electrons. The Labute approximate surface area is 198 Å². The molecule has 1 saturated carbocycles. The molecule has 0 bridgehead atoms. The van der Waals surface area contributed by atoms with Crippen molar-refractivity contribution in [3.8, 4) is 17.4 Å². The van der Waals surface area contributed by atoms with Crippen molar-refractivity contribution in [2.24, 2.45) is 0 Å². The Morgan fingerprint density at radius 1 is 1.03 bits per heavy atom. The average molecular weight is 474 g/mol. The molecule has 1 aromatic heterocycles. The number of likely N-dealkylation sites (tertiary alicyclic amines) is 1. The zero-order valence-electron chi connectivity index (χ0n) is 20.4. The van der Waals surface area contributed by atoms with Crippen molar-refractivity contribution in [2.45, 2.75) is 63.7 Å². The van der Waals surface area contributed by atoms with Gasteiger partial charge in [0.2, 0.25) is 5.88 Å². The van der Waals surface area contributed by atoms with Gasteiger partial charge in [-0.2, -0.15) is 4.98 Å². The highest BCUT2D eigenvalue weighted by Crippen LogP contribution is 2.42. The second-order valence-corrected chi connectivity index (χ2v) is 9.53. The highest BCUT2D eigenvalue weighted by molar-refractivity contribution is 5.87. The molecule has 4 rings (SSSR count). The molecule has 1 aliphatic carbocycles. The molecule has 0 N–H and O–H groups in total. The molecule has 34 heavy (non-hydrogen) atoms. The first-order valence-electron chi connectivity index (χ1n) is 11.3. The lowest BCUT2D eigenvalue weighted by atomic mass is 10.2. The minimum atomic E-state index is -0.810. The lowest BCUT2D eigenvalue weighted by molar-refractivity contribution is -0.145. The van der Waals surface area contributed by atoms with Gasteiger partial charge in [-0.05, 0) is 39.7 Å². The maximum atomic E-state index is 12.8. The molecule has 1 aliphatic heterocycles. The van der Waals surface area contributed by atoms with Crippen LogP contribution in [-0.2, 0) is 14.3 Å². The highest BCUT2D eigenvalue weighted by Gasteiger charge is 2.43. The van der Waals surface area contributed by atoms with Crippen LogP contribution in [0.2, 0.25) is 0 Å². The van der Waals surface area contributed by atoms with E-state index in [1.807, 2.05) is 0 Å². The fraction of sp³-hybridized carbons (Fsp3) is 0.583. The first-order chi connectivity index (χ1) is 16.1. The lowest BCUT2D eigenvalue weighted by Crippen LogP contribution is -2.44. The van der Waals surface area contributed by atoms with Gasteiger partial charge in [-0.25, -0.2) is 14.6 Å². The summed E-state index contributed by atoms with van der Waals surface area (Å²) in [5, 5.41) is 0.660. The Hall–Kier alpha value is -3.30. The molecule has 2 fully saturated rings. The number of carbonyl (C=O) groups excluding carboxylic acids is 2. The van der Waals surface area contributed by atoms with Crippen molar-refractivity contribution in [1.82, 2.24) is 14.9 Å². The number of rotatable bonds is 6. The number of ether oxygens (including phenoxy) is 5. The standard InChI is InChI=1S/C24H31N3O7/c1-24(2,3)34-23(29)27-12-14(9-17(27)22(28)32-6)33-21-15-10-18(30-4)19(31-5)11-16(15)25-20(26-21)13-7-8-13/h10-11,13-14,17H,7-9,12H2,1-6H3/t14-,17+/m1/s1. The van der Waals surface area contributed by atoms with Gasteiger partial charge in [0.05, 0.1) is 38.8 Å². The largest absolute Gasteiger partial charge is 0.493 e. The van der Waals surface area contributed by atoms with Gasteiger partial charge in [0.15, 0.2) is 11.5 Å². The third-order valence-electron chi connectivity index (χ3n) is 5.77. The summed E-state index contributed by atoms with van der Waals surface area (Å²) < 4.78 is 27.6. The quantitative estimate of drug-likeness (QED) is 0.583. The number of esters is 1. The van der Waals surface area contributed by atoms with Gasteiger partial charge < -0.3 is 23.7 Å². The zero-order chi connectivity index (χ0) is 24.6. The molecule has 0 radical (unpaired) electrons. The van der Waals surface area contributed by atoms with Crippen LogP contribution in [0.3, 0.4) is 0 Å². The summed E-state index contributed by atoms with van der Waals surface area (Å²) in [6.45, 7) is 5.48. The summed E-state index contributed by atoms with van der Waals surface area (Å²) in [6, 6.07) is 2.77. The van der Waals surface area contributed by atoms with Crippen LogP contribution in [0.1, 0.15) is 51.8 Å². The molecule has 1 amide bonds. The lowest BCUT2D eigenvalue weighted by Gasteiger charge is -2.27. The van der Waals surface area contributed by atoms with Gasteiger partial charge >= 0.3 is 12.1 Å². The van der Waals surface area contributed by atoms with Crippen molar-refractivity contribution in [2.75, 3.05) is 27.9 Å². The first kappa shape index (κ1) is 23.8. The van der Waals surface area contributed by atoms with E-state index in [0.29, 0.717) is 40.0 Å². The molecular formula is C24H31N3O7. The fourth-order valence-corrected chi connectivity index (χ4v) is 3.98. The monoisotopic (exact) mass is 473 g/mol.